The van der Waals surface area contributed by atoms with Crippen LogP contribution in [0.5, 0.6) is 0 Å². The molecule has 3 N–H and O–H groups in total. The van der Waals surface area contributed by atoms with E-state index in [2.05, 4.69) is 5.43 Å². The first kappa shape index (κ1) is 20.9. The number of nitrogens with two attached hydrogens (primary N) is 1. The maximum Gasteiger partial charge on any atom is 0.277 e. The number of hydrazine groups is 1. The minimum absolute atomic E-state index is 0. The van der Waals surface area contributed by atoms with Crippen LogP contribution in [0.25, 0.3) is 0 Å². The van der Waals surface area contributed by atoms with Gasteiger partial charge in [0, 0.05) is 16.8 Å². The zero-order valence-electron chi connectivity index (χ0n) is 14.4. The largest absolute Gasteiger partial charge is 0.399 e. The van der Waals surface area contributed by atoms with Crippen LogP contribution in [0.15, 0.2) is 72.8 Å². The lowest BCUT2D eigenvalue weighted by Gasteiger charge is -2.23. The molecular weight excluding hydrogens is 388 g/mol. The first-order chi connectivity index (χ1) is 12.9. The highest BCUT2D eigenvalue weighted by Gasteiger charge is 2.21. The molecule has 0 bridgehead atoms. The number of nitrogens with one attached hydrogen (secondary N) is 1. The Morgan fingerprint density at radius 2 is 1.21 bits per heavy atom. The summed E-state index contributed by atoms with van der Waals surface area (Å²) in [7, 11) is 0. The Labute approximate surface area is 166 Å². The summed E-state index contributed by atoms with van der Waals surface area (Å²) in [5.41, 5.74) is 9.34. The van der Waals surface area contributed by atoms with Crippen molar-refractivity contribution in [3.8, 4) is 0 Å². The second-order valence-electron chi connectivity index (χ2n) is 5.69. The van der Waals surface area contributed by atoms with Crippen molar-refractivity contribution in [2.24, 2.45) is 0 Å². The lowest BCUT2D eigenvalue weighted by atomic mass is 10.2. The van der Waals surface area contributed by atoms with Gasteiger partial charge in [-0.1, -0.05) is 0 Å². The Balaban J connectivity index is 0.00000280. The highest BCUT2D eigenvalue weighted by atomic mass is 35.5. The predicted molar refractivity (Wildman–Crippen MR) is 105 cm³/mol. The maximum absolute atomic E-state index is 13.1. The van der Waals surface area contributed by atoms with Gasteiger partial charge in [-0.15, -0.1) is 12.4 Å². The molecule has 0 saturated carbocycles. The zero-order chi connectivity index (χ0) is 19.4. The predicted octanol–water partition coefficient (Wildman–Crippen LogP) is 3.96. The fourth-order valence-electron chi connectivity index (χ4n) is 2.34. The van der Waals surface area contributed by atoms with E-state index in [0.717, 1.165) is 29.3 Å². The second-order valence-corrected chi connectivity index (χ2v) is 5.69. The Morgan fingerprint density at radius 1 is 0.750 bits per heavy atom. The number of carbonyl (C=O) groups is 2. The number of hydrogen-bond acceptors (Lipinski definition) is 3. The first-order valence-corrected chi connectivity index (χ1v) is 7.96. The number of benzene rings is 3. The summed E-state index contributed by atoms with van der Waals surface area (Å²) >= 11 is 0. The van der Waals surface area contributed by atoms with Crippen LogP contribution in [-0.2, 0) is 0 Å². The van der Waals surface area contributed by atoms with Gasteiger partial charge >= 0.3 is 0 Å². The van der Waals surface area contributed by atoms with Crippen molar-refractivity contribution in [1.82, 2.24) is 5.43 Å². The molecule has 3 aromatic carbocycles. The molecule has 2 amide bonds. The minimum atomic E-state index is -0.609. The lowest BCUT2D eigenvalue weighted by Crippen LogP contribution is -2.46. The summed E-state index contributed by atoms with van der Waals surface area (Å²) in [6.45, 7) is 0. The van der Waals surface area contributed by atoms with E-state index in [4.69, 9.17) is 5.73 Å². The summed E-state index contributed by atoms with van der Waals surface area (Å²) in [4.78, 5) is 25.3. The van der Waals surface area contributed by atoms with E-state index in [1.807, 2.05) is 0 Å². The normalized spacial score (nSPS) is 9.93. The third-order valence-corrected chi connectivity index (χ3v) is 3.77. The number of nitrogen functional groups attached to an aromatic ring is 1. The van der Waals surface area contributed by atoms with Gasteiger partial charge in [-0.3, -0.25) is 15.0 Å². The molecule has 0 heterocycles. The first-order valence-electron chi connectivity index (χ1n) is 7.96. The van der Waals surface area contributed by atoms with Crippen LogP contribution in [-0.4, -0.2) is 11.8 Å². The average Bonchev–Trinajstić information content (AvgIpc) is 2.67. The number of nitrogens with zero attached hydrogens (tertiary/aromatic N) is 1. The summed E-state index contributed by atoms with van der Waals surface area (Å²) in [5, 5.41) is 1.03. The minimum Gasteiger partial charge on any atom is -0.399 e. The Hall–Kier alpha value is -3.45. The monoisotopic (exact) mass is 403 g/mol. The van der Waals surface area contributed by atoms with Crippen molar-refractivity contribution in [3.63, 3.8) is 0 Å². The molecule has 144 valence electrons. The fourth-order valence-corrected chi connectivity index (χ4v) is 2.34. The SMILES string of the molecule is Cl.Nc1ccc(N(NC(=O)c2ccc(F)cc2)C(=O)c2ccc(F)cc2)cc1. The number of anilines is 2. The standard InChI is InChI=1S/C20H15F2N3O2.ClH/c21-15-5-1-13(2-6-15)19(26)24-25(18-11-9-17(23)10-12-18)20(27)14-3-7-16(22)8-4-14;/h1-12H,23H2,(H,24,26);1H. The van der Waals surface area contributed by atoms with Gasteiger partial charge in [-0.2, -0.15) is 0 Å². The molecule has 0 unspecified atom stereocenters. The van der Waals surface area contributed by atoms with Gasteiger partial charge in [0.05, 0.1) is 5.69 Å². The van der Waals surface area contributed by atoms with Crippen molar-refractivity contribution >= 4 is 35.6 Å². The summed E-state index contributed by atoms with van der Waals surface area (Å²) in [6.07, 6.45) is 0. The van der Waals surface area contributed by atoms with Crippen LogP contribution in [0.2, 0.25) is 0 Å². The third kappa shape index (κ3) is 4.83. The number of hydrogen-bond donors (Lipinski definition) is 2. The van der Waals surface area contributed by atoms with E-state index >= 15 is 0 Å². The molecule has 3 rings (SSSR count). The van der Waals surface area contributed by atoms with Gasteiger partial charge in [0.15, 0.2) is 0 Å². The number of amides is 2. The molecule has 0 fully saturated rings. The van der Waals surface area contributed by atoms with Crippen LogP contribution in [0.1, 0.15) is 20.7 Å². The molecule has 8 heteroatoms. The quantitative estimate of drug-likeness (QED) is 0.513. The van der Waals surface area contributed by atoms with Crippen LogP contribution >= 0.6 is 12.4 Å². The molecule has 0 saturated heterocycles. The van der Waals surface area contributed by atoms with E-state index in [1.54, 1.807) is 24.3 Å². The van der Waals surface area contributed by atoms with E-state index in [-0.39, 0.29) is 23.5 Å². The van der Waals surface area contributed by atoms with Gasteiger partial charge in [0.1, 0.15) is 11.6 Å². The number of carbonyl (C=O) groups excluding carboxylic acids is 2. The molecule has 28 heavy (non-hydrogen) atoms. The molecule has 0 atom stereocenters. The van der Waals surface area contributed by atoms with Crippen LogP contribution in [0, 0.1) is 11.6 Å². The molecule has 3 aromatic rings. The Morgan fingerprint density at radius 3 is 1.71 bits per heavy atom. The summed E-state index contributed by atoms with van der Waals surface area (Å²) < 4.78 is 26.2. The molecule has 0 aliphatic heterocycles. The van der Waals surface area contributed by atoms with E-state index in [9.17, 15) is 18.4 Å². The third-order valence-electron chi connectivity index (χ3n) is 3.77. The highest BCUT2D eigenvalue weighted by Crippen LogP contribution is 2.18. The van der Waals surface area contributed by atoms with Gasteiger partial charge in [-0.25, -0.2) is 13.8 Å². The van der Waals surface area contributed by atoms with E-state index < -0.39 is 23.4 Å². The Kier molecular flexibility index (Phi) is 6.68. The molecule has 0 radical (unpaired) electrons. The van der Waals surface area contributed by atoms with Crippen molar-refractivity contribution in [2.45, 2.75) is 0 Å². The second kappa shape index (κ2) is 8.96. The zero-order valence-corrected chi connectivity index (χ0v) is 15.2. The number of rotatable bonds is 3. The smallest absolute Gasteiger partial charge is 0.277 e. The van der Waals surface area contributed by atoms with Crippen molar-refractivity contribution in [3.05, 3.63) is 95.6 Å². The van der Waals surface area contributed by atoms with E-state index in [0.29, 0.717) is 11.4 Å². The maximum atomic E-state index is 13.1. The Bertz CT molecular complexity index is 962. The van der Waals surface area contributed by atoms with Gasteiger partial charge < -0.3 is 5.73 Å². The summed E-state index contributed by atoms with van der Waals surface area (Å²) in [5.74, 6) is -2.15. The van der Waals surface area contributed by atoms with Crippen LogP contribution < -0.4 is 16.2 Å². The molecule has 0 aliphatic rings. The molecule has 0 aromatic heterocycles. The molecule has 0 aliphatic carbocycles. The van der Waals surface area contributed by atoms with E-state index in [1.165, 1.54) is 24.3 Å². The van der Waals surface area contributed by atoms with Crippen molar-refractivity contribution < 1.29 is 18.4 Å². The lowest BCUT2D eigenvalue weighted by molar-refractivity contribution is 0.0887. The van der Waals surface area contributed by atoms with Gasteiger partial charge in [-0.05, 0) is 72.8 Å². The average molecular weight is 404 g/mol. The van der Waals surface area contributed by atoms with Crippen LogP contribution in [0.3, 0.4) is 0 Å². The van der Waals surface area contributed by atoms with Crippen molar-refractivity contribution in [1.29, 1.82) is 0 Å². The fraction of sp³-hybridized carbons (Fsp3) is 0. The topological polar surface area (TPSA) is 75.4 Å². The number of halogens is 3. The summed E-state index contributed by atoms with van der Waals surface area (Å²) in [6, 6.07) is 16.1. The van der Waals surface area contributed by atoms with Gasteiger partial charge in [0.2, 0.25) is 0 Å². The van der Waals surface area contributed by atoms with Crippen LogP contribution in [0.4, 0.5) is 20.2 Å². The molecular formula is C20H16ClF2N3O2. The molecule has 0 spiro atoms. The molecule has 5 nitrogen and oxygen atoms in total. The van der Waals surface area contributed by atoms with Gasteiger partial charge in [0.25, 0.3) is 11.8 Å². The van der Waals surface area contributed by atoms with Crippen molar-refractivity contribution in [2.75, 3.05) is 10.7 Å². The highest BCUT2D eigenvalue weighted by molar-refractivity contribution is 6.09.